The lowest BCUT2D eigenvalue weighted by atomic mass is 10.4. The molecular weight excluding hydrogens is 443 g/mol. The van der Waals surface area contributed by atoms with Gasteiger partial charge in [-0.3, -0.25) is 9.69 Å². The molecule has 10 heteroatoms. The highest BCUT2D eigenvalue weighted by atomic mass is 127. The number of urea groups is 1. The number of nitrogens with zero attached hydrogens (tertiary/aromatic N) is 3. The van der Waals surface area contributed by atoms with E-state index in [0.29, 0.717) is 25.6 Å². The van der Waals surface area contributed by atoms with Crippen molar-refractivity contribution >= 4 is 53.2 Å². The van der Waals surface area contributed by atoms with Gasteiger partial charge in [-0.05, 0) is 20.8 Å². The molecule has 3 N–H and O–H groups in total. The summed E-state index contributed by atoms with van der Waals surface area (Å²) in [5.41, 5.74) is 1.04. The lowest BCUT2D eigenvalue weighted by Gasteiger charge is -2.15. The van der Waals surface area contributed by atoms with E-state index in [1.54, 1.807) is 11.3 Å². The minimum absolute atomic E-state index is 0. The highest BCUT2D eigenvalue weighted by molar-refractivity contribution is 14.0. The summed E-state index contributed by atoms with van der Waals surface area (Å²) in [4.78, 5) is 34.3. The molecule has 1 aliphatic rings. The second kappa shape index (κ2) is 9.77. The number of rotatable bonds is 6. The number of halogens is 1. The SMILES string of the molecule is CCNC(=NCc1nc(C)c(C)s1)NCCN1C(=O)CNC1=O.I. The Kier molecular flexibility index (Phi) is 8.39. The molecule has 1 aromatic heterocycles. The molecule has 1 saturated heterocycles. The summed E-state index contributed by atoms with van der Waals surface area (Å²) in [6.45, 7) is 8.07. The maximum absolute atomic E-state index is 11.5. The molecule has 134 valence electrons. The number of aromatic nitrogens is 1. The molecule has 24 heavy (non-hydrogen) atoms. The van der Waals surface area contributed by atoms with Gasteiger partial charge in [0.2, 0.25) is 5.91 Å². The van der Waals surface area contributed by atoms with E-state index in [1.807, 2.05) is 20.8 Å². The van der Waals surface area contributed by atoms with Crippen LogP contribution in [0.15, 0.2) is 4.99 Å². The molecule has 0 aromatic carbocycles. The van der Waals surface area contributed by atoms with E-state index >= 15 is 0 Å². The number of carbonyl (C=O) groups excluding carboxylic acids is 2. The van der Waals surface area contributed by atoms with Crippen molar-refractivity contribution in [1.29, 1.82) is 0 Å². The van der Waals surface area contributed by atoms with Crippen LogP contribution in [-0.2, 0) is 11.3 Å². The standard InChI is InChI=1S/C14H22N6O2S.HI/c1-4-15-13(17-7-11-19-9(2)10(3)23-11)16-5-6-20-12(21)8-18-14(20)22;/h4-8H2,1-3H3,(H,18,22)(H2,15,16,17);1H. The minimum atomic E-state index is -0.340. The zero-order valence-corrected chi connectivity index (χ0v) is 17.2. The largest absolute Gasteiger partial charge is 0.357 e. The van der Waals surface area contributed by atoms with Gasteiger partial charge >= 0.3 is 6.03 Å². The van der Waals surface area contributed by atoms with E-state index in [9.17, 15) is 9.59 Å². The number of hydrogen-bond donors (Lipinski definition) is 3. The predicted octanol–water partition coefficient (Wildman–Crippen LogP) is 0.985. The highest BCUT2D eigenvalue weighted by Gasteiger charge is 2.27. The van der Waals surface area contributed by atoms with E-state index in [0.717, 1.165) is 17.2 Å². The van der Waals surface area contributed by atoms with Crippen molar-refractivity contribution in [2.75, 3.05) is 26.2 Å². The number of amides is 3. The molecule has 0 radical (unpaired) electrons. The highest BCUT2D eigenvalue weighted by Crippen LogP contribution is 2.16. The van der Waals surface area contributed by atoms with Crippen molar-refractivity contribution in [3.8, 4) is 0 Å². The topological polar surface area (TPSA) is 98.7 Å². The van der Waals surface area contributed by atoms with Crippen molar-refractivity contribution < 1.29 is 9.59 Å². The molecular formula is C14H23IN6O2S. The number of hydrogen-bond acceptors (Lipinski definition) is 5. The van der Waals surface area contributed by atoms with Crippen LogP contribution in [0.3, 0.4) is 0 Å². The van der Waals surface area contributed by atoms with E-state index < -0.39 is 0 Å². The van der Waals surface area contributed by atoms with Crippen molar-refractivity contribution in [3.63, 3.8) is 0 Å². The summed E-state index contributed by atoms with van der Waals surface area (Å²) >= 11 is 1.64. The zero-order valence-electron chi connectivity index (χ0n) is 14.0. The first kappa shape index (κ1) is 20.6. The molecule has 0 unspecified atom stereocenters. The quantitative estimate of drug-likeness (QED) is 0.251. The van der Waals surface area contributed by atoms with Crippen LogP contribution < -0.4 is 16.0 Å². The lowest BCUT2D eigenvalue weighted by molar-refractivity contribution is -0.124. The number of guanidine groups is 1. The number of imide groups is 1. The zero-order chi connectivity index (χ0) is 16.8. The van der Waals surface area contributed by atoms with Gasteiger partial charge in [0.15, 0.2) is 5.96 Å². The molecule has 0 aliphatic carbocycles. The number of carbonyl (C=O) groups is 2. The van der Waals surface area contributed by atoms with E-state index in [-0.39, 0.29) is 42.5 Å². The van der Waals surface area contributed by atoms with Crippen molar-refractivity contribution in [1.82, 2.24) is 25.8 Å². The smallest absolute Gasteiger partial charge is 0.324 e. The van der Waals surface area contributed by atoms with E-state index in [4.69, 9.17) is 0 Å². The van der Waals surface area contributed by atoms with Gasteiger partial charge < -0.3 is 16.0 Å². The fourth-order valence-corrected chi connectivity index (χ4v) is 2.92. The van der Waals surface area contributed by atoms with Crippen LogP contribution >= 0.6 is 35.3 Å². The third-order valence-corrected chi connectivity index (χ3v) is 4.41. The first-order valence-electron chi connectivity index (χ1n) is 7.54. The van der Waals surface area contributed by atoms with Gasteiger partial charge in [0, 0.05) is 24.5 Å². The number of thiazole rings is 1. The first-order chi connectivity index (χ1) is 11.0. The minimum Gasteiger partial charge on any atom is -0.357 e. The summed E-state index contributed by atoms with van der Waals surface area (Å²) in [6, 6.07) is -0.340. The predicted molar refractivity (Wildman–Crippen MR) is 105 cm³/mol. The molecule has 2 heterocycles. The van der Waals surface area contributed by atoms with Gasteiger partial charge in [0.1, 0.15) is 5.01 Å². The Morgan fingerprint density at radius 2 is 2.12 bits per heavy atom. The number of aryl methyl sites for hydroxylation is 2. The monoisotopic (exact) mass is 466 g/mol. The first-order valence-corrected chi connectivity index (χ1v) is 8.36. The number of nitrogens with one attached hydrogen (secondary N) is 3. The summed E-state index contributed by atoms with van der Waals surface area (Å²) in [6.07, 6.45) is 0. The van der Waals surface area contributed by atoms with Crippen LogP contribution in [0.5, 0.6) is 0 Å². The Balaban J connectivity index is 0.00000288. The average molecular weight is 466 g/mol. The fraction of sp³-hybridized carbons (Fsp3) is 0.571. The lowest BCUT2D eigenvalue weighted by Crippen LogP contribution is -2.43. The summed E-state index contributed by atoms with van der Waals surface area (Å²) in [5, 5.41) is 9.71. The molecule has 1 aromatic rings. The molecule has 0 saturated carbocycles. The van der Waals surface area contributed by atoms with Crippen LogP contribution in [0.2, 0.25) is 0 Å². The molecule has 0 atom stereocenters. The summed E-state index contributed by atoms with van der Waals surface area (Å²) < 4.78 is 0. The molecule has 0 spiro atoms. The molecule has 1 fully saturated rings. The Labute approximate surface area is 162 Å². The van der Waals surface area contributed by atoms with Crippen LogP contribution in [-0.4, -0.2) is 54.0 Å². The third kappa shape index (κ3) is 5.58. The number of aliphatic imine (C=N–C) groups is 1. The van der Waals surface area contributed by atoms with Crippen molar-refractivity contribution in [2.45, 2.75) is 27.3 Å². The summed E-state index contributed by atoms with van der Waals surface area (Å²) in [5.74, 6) is 0.442. The second-order valence-corrected chi connectivity index (χ2v) is 6.36. The maximum Gasteiger partial charge on any atom is 0.324 e. The molecule has 8 nitrogen and oxygen atoms in total. The third-order valence-electron chi connectivity index (χ3n) is 3.35. The molecule has 3 amide bonds. The van der Waals surface area contributed by atoms with Gasteiger partial charge in [0.05, 0.1) is 18.8 Å². The van der Waals surface area contributed by atoms with Crippen LogP contribution in [0.4, 0.5) is 4.79 Å². The van der Waals surface area contributed by atoms with Gasteiger partial charge in [-0.2, -0.15) is 0 Å². The fourth-order valence-electron chi connectivity index (χ4n) is 2.06. The maximum atomic E-state index is 11.5. The van der Waals surface area contributed by atoms with E-state index in [2.05, 4.69) is 25.9 Å². The van der Waals surface area contributed by atoms with Crippen molar-refractivity contribution in [2.24, 2.45) is 4.99 Å². The average Bonchev–Trinajstić information content (AvgIpc) is 3.00. The van der Waals surface area contributed by atoms with Gasteiger partial charge in [0.25, 0.3) is 0 Å². The Hall–Kier alpha value is -1.43. The van der Waals surface area contributed by atoms with Crippen LogP contribution in [0.1, 0.15) is 22.5 Å². The molecule has 0 bridgehead atoms. The summed E-state index contributed by atoms with van der Waals surface area (Å²) in [7, 11) is 0. The van der Waals surface area contributed by atoms with Gasteiger partial charge in [-0.1, -0.05) is 0 Å². The van der Waals surface area contributed by atoms with Crippen LogP contribution in [0.25, 0.3) is 0 Å². The Morgan fingerprint density at radius 3 is 2.67 bits per heavy atom. The normalized spacial score (nSPS) is 14.5. The molecule has 1 aliphatic heterocycles. The van der Waals surface area contributed by atoms with Crippen molar-refractivity contribution in [3.05, 3.63) is 15.6 Å². The second-order valence-electron chi connectivity index (χ2n) is 5.08. The molecule has 2 rings (SSSR count). The van der Waals surface area contributed by atoms with Crippen LogP contribution in [0, 0.1) is 13.8 Å². The Morgan fingerprint density at radius 1 is 1.38 bits per heavy atom. The Bertz CT molecular complexity index is 583. The van der Waals surface area contributed by atoms with Gasteiger partial charge in [-0.15, -0.1) is 35.3 Å². The van der Waals surface area contributed by atoms with Gasteiger partial charge in [-0.25, -0.2) is 14.8 Å². The van der Waals surface area contributed by atoms with E-state index in [1.165, 1.54) is 9.78 Å².